The summed E-state index contributed by atoms with van der Waals surface area (Å²) in [6.45, 7) is 1.96. The Balaban J connectivity index is 1.81. The molecule has 0 bridgehead atoms. The number of hydrogen-bond acceptors (Lipinski definition) is 4. The number of pyridine rings is 1. The Morgan fingerprint density at radius 2 is 1.88 bits per heavy atom. The topological polar surface area (TPSA) is 62.6 Å². The third-order valence-electron chi connectivity index (χ3n) is 4.11. The van der Waals surface area contributed by atoms with Crippen LogP contribution in [0.5, 0.6) is 23.0 Å². The summed E-state index contributed by atoms with van der Waals surface area (Å²) in [6, 6.07) is 7.73. The lowest BCUT2D eigenvalue weighted by Crippen LogP contribution is -1.94. The minimum Gasteiger partial charge on any atom is -0.504 e. The number of fused-ring (bicyclic) bond motifs is 2. The number of phenolic OH excluding ortho intramolecular Hbond substituents is 2. The zero-order valence-corrected chi connectivity index (χ0v) is 12.9. The first kappa shape index (κ1) is 14.5. The molecule has 0 fully saturated rings. The average molecular weight is 323 g/mol. The number of benzene rings is 2. The van der Waals surface area contributed by atoms with Crippen LogP contribution in [0.2, 0.25) is 0 Å². The molecule has 5 heteroatoms. The van der Waals surface area contributed by atoms with Gasteiger partial charge >= 0.3 is 0 Å². The van der Waals surface area contributed by atoms with Gasteiger partial charge in [-0.1, -0.05) is 17.7 Å². The maximum absolute atomic E-state index is 14.7. The zero-order valence-electron chi connectivity index (χ0n) is 12.9. The Morgan fingerprint density at radius 1 is 1.08 bits per heavy atom. The third-order valence-corrected chi connectivity index (χ3v) is 4.11. The highest BCUT2D eigenvalue weighted by Crippen LogP contribution is 2.38. The molecule has 0 amide bonds. The molecule has 0 unspecified atom stereocenters. The van der Waals surface area contributed by atoms with Crippen LogP contribution in [0.25, 0.3) is 17.0 Å². The Kier molecular flexibility index (Phi) is 3.16. The van der Waals surface area contributed by atoms with E-state index in [1.807, 2.05) is 19.1 Å². The summed E-state index contributed by atoms with van der Waals surface area (Å²) in [5, 5.41) is 19.8. The van der Waals surface area contributed by atoms with Gasteiger partial charge in [0.1, 0.15) is 5.75 Å². The van der Waals surface area contributed by atoms with Crippen molar-refractivity contribution in [1.29, 1.82) is 0 Å². The average Bonchev–Trinajstić information content (AvgIpc) is 2.93. The van der Waals surface area contributed by atoms with Gasteiger partial charge in [0.25, 0.3) is 0 Å². The fourth-order valence-electron chi connectivity index (χ4n) is 2.95. The summed E-state index contributed by atoms with van der Waals surface area (Å²) < 4.78 is 20.4. The van der Waals surface area contributed by atoms with E-state index in [0.717, 1.165) is 17.6 Å². The maximum Gasteiger partial charge on any atom is 0.173 e. The highest BCUT2D eigenvalue weighted by Gasteiger charge is 2.19. The molecule has 4 nitrogen and oxygen atoms in total. The molecule has 4 rings (SSSR count). The Hall–Kier alpha value is -3.08. The van der Waals surface area contributed by atoms with Crippen LogP contribution in [0.15, 0.2) is 42.1 Å². The van der Waals surface area contributed by atoms with E-state index in [4.69, 9.17) is 4.74 Å². The van der Waals surface area contributed by atoms with E-state index in [-0.39, 0.29) is 17.2 Å². The van der Waals surface area contributed by atoms with Crippen molar-refractivity contribution in [2.45, 2.75) is 13.3 Å². The van der Waals surface area contributed by atoms with Crippen molar-refractivity contribution in [2.24, 2.45) is 0 Å². The Morgan fingerprint density at radius 3 is 2.71 bits per heavy atom. The number of nitrogens with zero attached hydrogens (tertiary/aromatic N) is 1. The van der Waals surface area contributed by atoms with Gasteiger partial charge in [-0.15, -0.1) is 0 Å². The molecule has 0 saturated heterocycles. The normalized spacial score (nSPS) is 13.0. The van der Waals surface area contributed by atoms with Crippen LogP contribution >= 0.6 is 0 Å². The highest BCUT2D eigenvalue weighted by molar-refractivity contribution is 5.88. The molecule has 0 saturated carbocycles. The number of aromatic nitrogens is 1. The van der Waals surface area contributed by atoms with Crippen molar-refractivity contribution < 1.29 is 19.3 Å². The van der Waals surface area contributed by atoms with Crippen molar-refractivity contribution in [3.05, 3.63) is 59.0 Å². The molecule has 0 radical (unpaired) electrons. The molecule has 0 atom stereocenters. The van der Waals surface area contributed by atoms with Gasteiger partial charge < -0.3 is 14.9 Å². The lowest BCUT2D eigenvalue weighted by molar-refractivity contribution is 0.404. The number of phenols is 2. The lowest BCUT2D eigenvalue weighted by atomic mass is 10.1. The molecule has 2 aromatic carbocycles. The number of hydrogen-bond donors (Lipinski definition) is 2. The fraction of sp³-hybridized carbons (Fsp3) is 0.105. The molecule has 1 heterocycles. The monoisotopic (exact) mass is 323 g/mol. The molecular formula is C19H14FNO3. The van der Waals surface area contributed by atoms with Crippen LogP contribution in [0.3, 0.4) is 0 Å². The predicted molar refractivity (Wildman–Crippen MR) is 88.9 cm³/mol. The van der Waals surface area contributed by atoms with Crippen LogP contribution in [0.4, 0.5) is 4.39 Å². The van der Waals surface area contributed by atoms with Gasteiger partial charge in [-0.2, -0.15) is 0 Å². The number of rotatable bonds is 2. The van der Waals surface area contributed by atoms with Gasteiger partial charge in [0, 0.05) is 23.2 Å². The van der Waals surface area contributed by atoms with Gasteiger partial charge in [0.05, 0.1) is 5.52 Å². The van der Waals surface area contributed by atoms with Gasteiger partial charge in [0.15, 0.2) is 23.1 Å². The molecule has 24 heavy (non-hydrogen) atoms. The molecule has 1 aromatic heterocycles. The summed E-state index contributed by atoms with van der Waals surface area (Å²) in [6.07, 6.45) is 4.08. The fourth-order valence-corrected chi connectivity index (χ4v) is 2.95. The molecular weight excluding hydrogens is 309 g/mol. The summed E-state index contributed by atoms with van der Waals surface area (Å²) in [5.74, 6) is -0.491. The summed E-state index contributed by atoms with van der Waals surface area (Å²) >= 11 is 0. The zero-order chi connectivity index (χ0) is 16.8. The van der Waals surface area contributed by atoms with Crippen molar-refractivity contribution in [2.75, 3.05) is 0 Å². The predicted octanol–water partition coefficient (Wildman–Crippen LogP) is 4.54. The first-order valence-electron chi connectivity index (χ1n) is 7.50. The van der Waals surface area contributed by atoms with Crippen LogP contribution in [-0.2, 0) is 6.42 Å². The summed E-state index contributed by atoms with van der Waals surface area (Å²) in [7, 11) is 0. The molecule has 2 N–H and O–H groups in total. The minimum absolute atomic E-state index is 0.111. The number of aromatic hydroxyl groups is 2. The quantitative estimate of drug-likeness (QED) is 0.680. The van der Waals surface area contributed by atoms with Crippen molar-refractivity contribution in [1.82, 2.24) is 4.98 Å². The number of allylic oxidation sites excluding steroid dienone is 1. The molecule has 0 spiro atoms. The second kappa shape index (κ2) is 5.23. The van der Waals surface area contributed by atoms with E-state index in [9.17, 15) is 14.6 Å². The Labute approximate surface area is 137 Å². The van der Waals surface area contributed by atoms with Crippen LogP contribution in [-0.4, -0.2) is 15.2 Å². The van der Waals surface area contributed by atoms with E-state index in [2.05, 4.69) is 4.98 Å². The lowest BCUT2D eigenvalue weighted by Gasteiger charge is -2.12. The van der Waals surface area contributed by atoms with Gasteiger partial charge in [-0.25, -0.2) is 4.39 Å². The molecule has 1 aliphatic carbocycles. The highest BCUT2D eigenvalue weighted by atomic mass is 19.1. The van der Waals surface area contributed by atoms with E-state index in [1.165, 1.54) is 18.3 Å². The van der Waals surface area contributed by atoms with Crippen molar-refractivity contribution in [3.63, 3.8) is 0 Å². The van der Waals surface area contributed by atoms with Crippen LogP contribution < -0.4 is 4.74 Å². The first-order valence-corrected chi connectivity index (χ1v) is 7.50. The van der Waals surface area contributed by atoms with Gasteiger partial charge in [-0.05, 0) is 37.1 Å². The summed E-state index contributed by atoms with van der Waals surface area (Å²) in [5.41, 5.74) is 3.05. The SMILES string of the molecule is CC1=Cc2c(ccc(Oc3ccnc4cc(O)c(O)cc34)c2F)C1. The third kappa shape index (κ3) is 2.25. The van der Waals surface area contributed by atoms with Crippen molar-refractivity contribution >= 4 is 17.0 Å². The second-order valence-corrected chi connectivity index (χ2v) is 5.89. The van der Waals surface area contributed by atoms with Crippen molar-refractivity contribution in [3.8, 4) is 23.0 Å². The van der Waals surface area contributed by atoms with Gasteiger partial charge in [0.2, 0.25) is 0 Å². The standard InChI is InChI=1S/C19H14FNO3/c1-10-6-11-2-3-18(19(20)12(11)7-10)24-17-4-5-21-14-9-16(23)15(22)8-13(14)17/h2-5,7-9,22-23H,6H2,1H3. The Bertz CT molecular complexity index is 1010. The van der Waals surface area contributed by atoms with E-state index in [1.54, 1.807) is 12.1 Å². The minimum atomic E-state index is -0.405. The van der Waals surface area contributed by atoms with E-state index < -0.39 is 5.82 Å². The van der Waals surface area contributed by atoms with E-state index in [0.29, 0.717) is 22.2 Å². The van der Waals surface area contributed by atoms with Gasteiger partial charge in [-0.3, -0.25) is 4.98 Å². The molecule has 1 aliphatic rings. The smallest absolute Gasteiger partial charge is 0.173 e. The molecule has 3 aromatic rings. The maximum atomic E-state index is 14.7. The summed E-state index contributed by atoms with van der Waals surface area (Å²) in [4.78, 5) is 4.12. The number of ether oxygens (including phenoxy) is 1. The van der Waals surface area contributed by atoms with Crippen LogP contribution in [0, 0.1) is 5.82 Å². The molecule has 0 aliphatic heterocycles. The molecule has 120 valence electrons. The van der Waals surface area contributed by atoms with Crippen LogP contribution in [0.1, 0.15) is 18.1 Å². The largest absolute Gasteiger partial charge is 0.504 e. The number of halogens is 1. The van der Waals surface area contributed by atoms with E-state index >= 15 is 0 Å². The first-order chi connectivity index (χ1) is 11.5. The second-order valence-electron chi connectivity index (χ2n) is 5.89.